The van der Waals surface area contributed by atoms with Crippen LogP contribution in [0.5, 0.6) is 17.2 Å². The number of benzene rings is 3. The highest BCUT2D eigenvalue weighted by Crippen LogP contribution is 2.48. The molecular formula is C29H24ClF3N2O3. The van der Waals surface area contributed by atoms with Gasteiger partial charge in [0.2, 0.25) is 0 Å². The van der Waals surface area contributed by atoms with Crippen molar-refractivity contribution in [2.24, 2.45) is 5.92 Å². The fourth-order valence-electron chi connectivity index (χ4n) is 5.13. The lowest BCUT2D eigenvalue weighted by Gasteiger charge is -2.38. The summed E-state index contributed by atoms with van der Waals surface area (Å²) in [5.74, 6) is 2.15. The van der Waals surface area contributed by atoms with E-state index in [1.807, 2.05) is 24.3 Å². The minimum absolute atomic E-state index is 0.0753. The van der Waals surface area contributed by atoms with E-state index in [-0.39, 0.29) is 11.5 Å². The Morgan fingerprint density at radius 3 is 2.55 bits per heavy atom. The van der Waals surface area contributed by atoms with Crippen molar-refractivity contribution < 1.29 is 27.8 Å². The van der Waals surface area contributed by atoms with E-state index in [1.165, 1.54) is 6.07 Å². The van der Waals surface area contributed by atoms with E-state index in [4.69, 9.17) is 21.1 Å². The topological polar surface area (TPSA) is 54.8 Å². The zero-order valence-corrected chi connectivity index (χ0v) is 21.0. The normalized spacial score (nSPS) is 17.4. The molecule has 1 atom stereocenters. The number of hydrogen-bond acceptors (Lipinski definition) is 5. The van der Waals surface area contributed by atoms with Gasteiger partial charge in [0.15, 0.2) is 6.10 Å². The molecule has 196 valence electrons. The molecular weight excluding hydrogens is 517 g/mol. The number of pyridine rings is 1. The third kappa shape index (κ3) is 4.63. The van der Waals surface area contributed by atoms with Crippen molar-refractivity contribution in [1.29, 1.82) is 0 Å². The fourth-order valence-corrected chi connectivity index (χ4v) is 5.32. The van der Waals surface area contributed by atoms with E-state index in [9.17, 15) is 18.3 Å². The molecule has 3 heterocycles. The molecule has 38 heavy (non-hydrogen) atoms. The number of alkyl halides is 4. The number of phenolic OH excluding ortho intramolecular Hbond substituents is 1. The predicted molar refractivity (Wildman–Crippen MR) is 139 cm³/mol. The maximum atomic E-state index is 13.5. The summed E-state index contributed by atoms with van der Waals surface area (Å²) in [5, 5.41) is 10.7. The van der Waals surface area contributed by atoms with E-state index in [1.54, 1.807) is 24.4 Å². The molecule has 0 unspecified atom stereocenters. The molecule has 0 saturated carbocycles. The summed E-state index contributed by atoms with van der Waals surface area (Å²) in [6, 6.07) is 15.8. The number of phenols is 1. The highest BCUT2D eigenvalue weighted by atomic mass is 35.5. The van der Waals surface area contributed by atoms with Crippen molar-refractivity contribution in [3.8, 4) is 28.4 Å². The lowest BCUT2D eigenvalue weighted by atomic mass is 9.87. The van der Waals surface area contributed by atoms with Gasteiger partial charge < -0.3 is 14.6 Å². The first-order valence-electron chi connectivity index (χ1n) is 12.3. The fraction of sp³-hybridized carbons (Fsp3) is 0.276. The number of hydrogen-bond donors (Lipinski definition) is 1. The summed E-state index contributed by atoms with van der Waals surface area (Å²) in [5.41, 5.74) is 2.55. The van der Waals surface area contributed by atoms with Gasteiger partial charge in [0, 0.05) is 59.9 Å². The van der Waals surface area contributed by atoms with Gasteiger partial charge in [-0.25, -0.2) is 0 Å². The lowest BCUT2D eigenvalue weighted by molar-refractivity contribution is -0.137. The number of fused-ring (bicyclic) bond motifs is 5. The van der Waals surface area contributed by atoms with Gasteiger partial charge >= 0.3 is 6.18 Å². The summed E-state index contributed by atoms with van der Waals surface area (Å²) < 4.78 is 52.6. The molecule has 9 heteroatoms. The van der Waals surface area contributed by atoms with E-state index in [2.05, 4.69) is 9.88 Å². The Kier molecular flexibility index (Phi) is 6.32. The number of aromatic hydroxyl groups is 1. The minimum Gasteiger partial charge on any atom is -0.508 e. The average molecular weight is 541 g/mol. The number of likely N-dealkylation sites (tertiary alicyclic amines) is 1. The Balaban J connectivity index is 1.32. The van der Waals surface area contributed by atoms with Gasteiger partial charge in [0.05, 0.1) is 11.1 Å². The first kappa shape index (κ1) is 24.8. The van der Waals surface area contributed by atoms with Gasteiger partial charge in [-0.2, -0.15) is 13.2 Å². The number of ether oxygens (including phenoxy) is 2. The van der Waals surface area contributed by atoms with Crippen molar-refractivity contribution in [1.82, 2.24) is 9.88 Å². The van der Waals surface area contributed by atoms with Crippen LogP contribution in [0.4, 0.5) is 13.2 Å². The highest BCUT2D eigenvalue weighted by molar-refractivity contribution is 6.18. The number of aromatic nitrogens is 1. The van der Waals surface area contributed by atoms with Crippen LogP contribution < -0.4 is 9.47 Å². The number of nitrogens with zero attached hydrogens (tertiary/aromatic N) is 2. The second-order valence-corrected chi connectivity index (χ2v) is 10.00. The molecule has 0 aliphatic carbocycles. The lowest BCUT2D eigenvalue weighted by Crippen LogP contribution is -2.48. The molecule has 0 bridgehead atoms. The Morgan fingerprint density at radius 2 is 1.82 bits per heavy atom. The molecule has 6 rings (SSSR count). The smallest absolute Gasteiger partial charge is 0.416 e. The van der Waals surface area contributed by atoms with Gasteiger partial charge in [-0.3, -0.25) is 9.88 Å². The standard InChI is InChI=1S/C29H24ClF3N2O3/c30-13-17-15-35(16-17)9-10-37-21-5-1-18(2-6-21)28-27-23-8-4-20(36)12-25(23)34-14-24(27)22-7-3-19(29(31,32)33)11-26(22)38-28/h1-8,11-12,14,17,28,36H,9-10,13,15-16H2/t28-/m1/s1. The maximum Gasteiger partial charge on any atom is 0.416 e. The number of halogens is 4. The van der Waals surface area contributed by atoms with E-state index in [0.717, 1.165) is 48.3 Å². The third-order valence-electron chi connectivity index (χ3n) is 7.11. The molecule has 1 saturated heterocycles. The summed E-state index contributed by atoms with van der Waals surface area (Å²) in [6.07, 6.45) is -3.55. The Bertz CT molecular complexity index is 1490. The van der Waals surface area contributed by atoms with Gasteiger partial charge in [-0.05, 0) is 53.9 Å². The van der Waals surface area contributed by atoms with E-state index < -0.39 is 17.8 Å². The first-order chi connectivity index (χ1) is 18.3. The van der Waals surface area contributed by atoms with Crippen molar-refractivity contribution in [2.45, 2.75) is 12.3 Å². The van der Waals surface area contributed by atoms with Crippen LogP contribution in [0.15, 0.2) is 66.9 Å². The van der Waals surface area contributed by atoms with Crippen molar-refractivity contribution >= 4 is 22.5 Å². The van der Waals surface area contributed by atoms with Crippen molar-refractivity contribution in [3.05, 3.63) is 83.6 Å². The molecule has 5 nitrogen and oxygen atoms in total. The molecule has 2 aliphatic heterocycles. The first-order valence-corrected chi connectivity index (χ1v) is 12.8. The van der Waals surface area contributed by atoms with E-state index >= 15 is 0 Å². The SMILES string of the molecule is Oc1ccc2c3c(cnc2c1)-c1ccc(C(F)(F)F)cc1O[C@@H]3c1ccc(OCCN2CC(CCl)C2)cc1. The van der Waals surface area contributed by atoms with Crippen LogP contribution in [0.1, 0.15) is 22.8 Å². The molecule has 4 aromatic rings. The van der Waals surface area contributed by atoms with Gasteiger partial charge in [0.25, 0.3) is 0 Å². The Hall–Kier alpha value is -3.49. The maximum absolute atomic E-state index is 13.5. The van der Waals surface area contributed by atoms with Crippen molar-refractivity contribution in [2.75, 3.05) is 32.1 Å². The molecule has 1 N–H and O–H groups in total. The van der Waals surface area contributed by atoms with Crippen LogP contribution in [-0.2, 0) is 6.18 Å². The zero-order chi connectivity index (χ0) is 26.4. The molecule has 2 aliphatic rings. The molecule has 0 spiro atoms. The van der Waals surface area contributed by atoms with Crippen molar-refractivity contribution in [3.63, 3.8) is 0 Å². The Morgan fingerprint density at radius 1 is 1.03 bits per heavy atom. The van der Waals surface area contributed by atoms with Crippen LogP contribution >= 0.6 is 11.6 Å². The summed E-state index contributed by atoms with van der Waals surface area (Å²) >= 11 is 5.87. The molecule has 0 radical (unpaired) electrons. The van der Waals surface area contributed by atoms with Gasteiger partial charge in [-0.15, -0.1) is 11.6 Å². The summed E-state index contributed by atoms with van der Waals surface area (Å²) in [4.78, 5) is 6.76. The largest absolute Gasteiger partial charge is 0.508 e. The summed E-state index contributed by atoms with van der Waals surface area (Å²) in [7, 11) is 0. The van der Waals surface area contributed by atoms with Crippen LogP contribution in [0.3, 0.4) is 0 Å². The molecule has 1 fully saturated rings. The quantitative estimate of drug-likeness (QED) is 0.277. The molecule has 3 aromatic carbocycles. The zero-order valence-electron chi connectivity index (χ0n) is 20.2. The van der Waals surface area contributed by atoms with E-state index in [0.29, 0.717) is 40.8 Å². The monoisotopic (exact) mass is 540 g/mol. The highest BCUT2D eigenvalue weighted by Gasteiger charge is 2.35. The molecule has 1 aromatic heterocycles. The second kappa shape index (κ2) is 9.67. The average Bonchev–Trinajstić information content (AvgIpc) is 2.88. The van der Waals surface area contributed by atoms with Gasteiger partial charge in [0.1, 0.15) is 23.9 Å². The van der Waals surface area contributed by atoms with Crippen LogP contribution in [0.25, 0.3) is 22.0 Å². The second-order valence-electron chi connectivity index (χ2n) is 9.69. The third-order valence-corrected chi connectivity index (χ3v) is 7.55. The van der Waals surface area contributed by atoms with Crippen LogP contribution in [0, 0.1) is 5.92 Å². The Labute approximate surface area is 222 Å². The van der Waals surface area contributed by atoms with Crippen LogP contribution in [-0.4, -0.2) is 47.1 Å². The molecule has 0 amide bonds. The number of rotatable bonds is 6. The summed E-state index contributed by atoms with van der Waals surface area (Å²) in [6.45, 7) is 3.34. The minimum atomic E-state index is -4.49. The van der Waals surface area contributed by atoms with Crippen LogP contribution in [0.2, 0.25) is 0 Å². The predicted octanol–water partition coefficient (Wildman–Crippen LogP) is 6.66. The van der Waals surface area contributed by atoms with Gasteiger partial charge in [-0.1, -0.05) is 12.1 Å².